The molecule has 0 N–H and O–H groups in total. The molecule has 0 saturated heterocycles. The van der Waals surface area contributed by atoms with Crippen molar-refractivity contribution in [2.24, 2.45) is 23.7 Å². The first-order valence-electron chi connectivity index (χ1n) is 5.99. The third kappa shape index (κ3) is 5.05. The number of carbonyl (C=O) groups is 1. The Hall–Kier alpha value is 0.0200. The molecule has 0 rings (SSSR count). The lowest BCUT2D eigenvalue weighted by Crippen LogP contribution is -2.32. The molecule has 0 radical (unpaired) electrons. The molecule has 0 spiro atoms. The van der Waals surface area contributed by atoms with E-state index >= 15 is 0 Å². The molecule has 2 heteroatoms. The maximum absolute atomic E-state index is 12.1. The summed E-state index contributed by atoms with van der Waals surface area (Å²) < 4.78 is 0. The predicted molar refractivity (Wildman–Crippen MR) is 70.4 cm³/mol. The third-order valence-electron chi connectivity index (χ3n) is 2.76. The number of hydrogen-bond acceptors (Lipinski definition) is 2. The van der Waals surface area contributed by atoms with Crippen molar-refractivity contribution in [3.05, 3.63) is 0 Å². The van der Waals surface area contributed by atoms with Gasteiger partial charge in [0.15, 0.2) is 0 Å². The highest BCUT2D eigenvalue weighted by atomic mass is 32.1. The Balaban J connectivity index is 4.64. The van der Waals surface area contributed by atoms with Crippen LogP contribution in [0.25, 0.3) is 0 Å². The molecule has 0 saturated carbocycles. The van der Waals surface area contributed by atoms with Crippen LogP contribution in [-0.4, -0.2) is 11.0 Å². The average molecular weight is 230 g/mol. The van der Waals surface area contributed by atoms with Crippen LogP contribution in [0.2, 0.25) is 0 Å². The number of Topliss-reactive ketones (excluding diaryl/α,β-unsaturated/α-hetero) is 1. The van der Waals surface area contributed by atoms with Crippen LogP contribution in [0.1, 0.15) is 48.0 Å². The Morgan fingerprint density at radius 3 is 1.80 bits per heavy atom. The zero-order chi connectivity index (χ0) is 12.2. The van der Waals surface area contributed by atoms with Crippen LogP contribution in [-0.2, 0) is 4.79 Å². The molecule has 2 atom stereocenters. The van der Waals surface area contributed by atoms with Crippen LogP contribution < -0.4 is 0 Å². The molecule has 0 heterocycles. The van der Waals surface area contributed by atoms with Gasteiger partial charge in [-0.15, -0.1) is 0 Å². The molecule has 0 aliphatic carbocycles. The highest BCUT2D eigenvalue weighted by Crippen LogP contribution is 2.28. The topological polar surface area (TPSA) is 17.1 Å². The maximum atomic E-state index is 12.1. The standard InChI is InChI=1S/C13H26OS/c1-8(2)7-11(12(14)9(3)4)13(15)10(5)6/h8-11,13,15H,7H2,1-6H3. The van der Waals surface area contributed by atoms with Crippen LogP contribution in [0, 0.1) is 23.7 Å². The minimum Gasteiger partial charge on any atom is -0.299 e. The molecule has 0 amide bonds. The summed E-state index contributed by atoms with van der Waals surface area (Å²) in [4.78, 5) is 12.1. The van der Waals surface area contributed by atoms with Gasteiger partial charge < -0.3 is 0 Å². The smallest absolute Gasteiger partial charge is 0.139 e. The number of thiol groups is 1. The molecule has 90 valence electrons. The van der Waals surface area contributed by atoms with E-state index < -0.39 is 0 Å². The van der Waals surface area contributed by atoms with Gasteiger partial charge in [0, 0.05) is 17.1 Å². The van der Waals surface area contributed by atoms with E-state index in [1.165, 1.54) is 0 Å². The lowest BCUT2D eigenvalue weighted by atomic mass is 9.82. The van der Waals surface area contributed by atoms with E-state index in [0.717, 1.165) is 6.42 Å². The third-order valence-corrected chi connectivity index (χ3v) is 3.71. The Morgan fingerprint density at radius 2 is 1.53 bits per heavy atom. The second-order valence-corrected chi connectivity index (χ2v) is 6.12. The minimum atomic E-state index is 0.119. The number of hydrogen-bond donors (Lipinski definition) is 1. The fraction of sp³-hybridized carbons (Fsp3) is 0.923. The van der Waals surface area contributed by atoms with Crippen LogP contribution in [0.3, 0.4) is 0 Å². The number of carbonyl (C=O) groups excluding carboxylic acids is 1. The molecule has 0 aromatic carbocycles. The predicted octanol–water partition coefficient (Wildman–Crippen LogP) is 3.83. The quantitative estimate of drug-likeness (QED) is 0.686. The van der Waals surface area contributed by atoms with Crippen LogP contribution in [0.15, 0.2) is 0 Å². The van der Waals surface area contributed by atoms with E-state index in [1.54, 1.807) is 0 Å². The summed E-state index contributed by atoms with van der Waals surface area (Å²) in [7, 11) is 0. The van der Waals surface area contributed by atoms with Crippen molar-refractivity contribution < 1.29 is 4.79 Å². The molecule has 15 heavy (non-hydrogen) atoms. The summed E-state index contributed by atoms with van der Waals surface area (Å²) in [6.45, 7) is 12.6. The molecule has 1 nitrogen and oxygen atoms in total. The molecule has 0 aliphatic heterocycles. The molecule has 0 bridgehead atoms. The van der Waals surface area contributed by atoms with Gasteiger partial charge in [0.2, 0.25) is 0 Å². The summed E-state index contributed by atoms with van der Waals surface area (Å²) in [6, 6.07) is 0. The van der Waals surface area contributed by atoms with Crippen molar-refractivity contribution in [3.63, 3.8) is 0 Å². The van der Waals surface area contributed by atoms with Gasteiger partial charge in [-0.3, -0.25) is 4.79 Å². The SMILES string of the molecule is CC(C)CC(C(=O)C(C)C)C(S)C(C)C. The molecular weight excluding hydrogens is 204 g/mol. The second kappa shape index (κ2) is 6.57. The second-order valence-electron chi connectivity index (χ2n) is 5.53. The van der Waals surface area contributed by atoms with Gasteiger partial charge >= 0.3 is 0 Å². The highest BCUT2D eigenvalue weighted by Gasteiger charge is 2.29. The van der Waals surface area contributed by atoms with E-state index in [0.29, 0.717) is 17.6 Å². The molecule has 0 aromatic rings. The molecule has 0 aliphatic rings. The first-order valence-corrected chi connectivity index (χ1v) is 6.50. The number of ketones is 1. The van der Waals surface area contributed by atoms with Gasteiger partial charge in [-0.05, 0) is 18.3 Å². The Kier molecular flexibility index (Phi) is 6.58. The normalized spacial score (nSPS) is 16.1. The van der Waals surface area contributed by atoms with Crippen LogP contribution in [0.4, 0.5) is 0 Å². The lowest BCUT2D eigenvalue weighted by molar-refractivity contribution is -0.126. The van der Waals surface area contributed by atoms with E-state index in [9.17, 15) is 4.79 Å². The highest BCUT2D eigenvalue weighted by molar-refractivity contribution is 7.81. The summed E-state index contributed by atoms with van der Waals surface area (Å²) in [5.41, 5.74) is 0. The minimum absolute atomic E-state index is 0.119. The zero-order valence-electron chi connectivity index (χ0n) is 10.9. The molecule has 2 unspecified atom stereocenters. The van der Waals surface area contributed by atoms with E-state index in [2.05, 4.69) is 40.3 Å². The van der Waals surface area contributed by atoms with Crippen molar-refractivity contribution in [1.82, 2.24) is 0 Å². The molecule has 0 aromatic heterocycles. The van der Waals surface area contributed by atoms with Crippen molar-refractivity contribution >= 4 is 18.4 Å². The van der Waals surface area contributed by atoms with Gasteiger partial charge in [0.25, 0.3) is 0 Å². The van der Waals surface area contributed by atoms with Crippen molar-refractivity contribution in [3.8, 4) is 0 Å². The van der Waals surface area contributed by atoms with Crippen LogP contribution in [0.5, 0.6) is 0 Å². The van der Waals surface area contributed by atoms with Gasteiger partial charge in [0.05, 0.1) is 0 Å². The Morgan fingerprint density at radius 1 is 1.07 bits per heavy atom. The fourth-order valence-corrected chi connectivity index (χ4v) is 2.09. The van der Waals surface area contributed by atoms with Gasteiger partial charge in [-0.1, -0.05) is 41.5 Å². The maximum Gasteiger partial charge on any atom is 0.139 e. The molecule has 0 fully saturated rings. The summed E-state index contributed by atoms with van der Waals surface area (Å²) in [5, 5.41) is 0.197. The van der Waals surface area contributed by atoms with E-state index in [-0.39, 0.29) is 17.1 Å². The molecular formula is C13H26OS. The van der Waals surface area contributed by atoms with Crippen LogP contribution >= 0.6 is 12.6 Å². The fourth-order valence-electron chi connectivity index (χ4n) is 1.82. The lowest BCUT2D eigenvalue weighted by Gasteiger charge is -2.27. The average Bonchev–Trinajstić information content (AvgIpc) is 2.11. The van der Waals surface area contributed by atoms with E-state index in [1.807, 2.05) is 13.8 Å². The summed E-state index contributed by atoms with van der Waals surface area (Å²) in [5.74, 6) is 1.64. The number of rotatable bonds is 6. The first-order chi connectivity index (χ1) is 6.77. The largest absolute Gasteiger partial charge is 0.299 e. The van der Waals surface area contributed by atoms with Gasteiger partial charge in [-0.25, -0.2) is 0 Å². The zero-order valence-corrected chi connectivity index (χ0v) is 11.8. The van der Waals surface area contributed by atoms with Gasteiger partial charge in [0.1, 0.15) is 5.78 Å². The first kappa shape index (κ1) is 15.0. The van der Waals surface area contributed by atoms with Gasteiger partial charge in [-0.2, -0.15) is 12.6 Å². The van der Waals surface area contributed by atoms with Crippen molar-refractivity contribution in [2.45, 2.75) is 53.2 Å². The Labute approximate surface area is 100 Å². The van der Waals surface area contributed by atoms with E-state index in [4.69, 9.17) is 0 Å². The Bertz CT molecular complexity index is 197. The summed E-state index contributed by atoms with van der Waals surface area (Å²) in [6.07, 6.45) is 0.962. The summed E-state index contributed by atoms with van der Waals surface area (Å²) >= 11 is 4.61. The van der Waals surface area contributed by atoms with Crippen molar-refractivity contribution in [2.75, 3.05) is 0 Å². The monoisotopic (exact) mass is 230 g/mol. The van der Waals surface area contributed by atoms with Crippen molar-refractivity contribution in [1.29, 1.82) is 0 Å².